The normalized spacial score (nSPS) is 44.8. The van der Waals surface area contributed by atoms with Gasteiger partial charge in [-0.2, -0.15) is 0 Å². The van der Waals surface area contributed by atoms with E-state index >= 15 is 0 Å². The van der Waals surface area contributed by atoms with Crippen molar-refractivity contribution in [3.05, 3.63) is 0 Å². The maximum absolute atomic E-state index is 11.2. The minimum absolute atomic E-state index is 0.174. The van der Waals surface area contributed by atoms with Crippen molar-refractivity contribution in [2.24, 2.45) is 11.3 Å². The summed E-state index contributed by atoms with van der Waals surface area (Å²) in [6, 6.07) is 0. The minimum atomic E-state index is -0.612. The molecule has 0 radical (unpaired) electrons. The summed E-state index contributed by atoms with van der Waals surface area (Å²) in [5, 5.41) is 21.1. The Hall–Kier alpha value is -0.120. The second-order valence-electron chi connectivity index (χ2n) is 6.47. The van der Waals surface area contributed by atoms with Gasteiger partial charge in [-0.15, -0.1) is 0 Å². The van der Waals surface area contributed by atoms with Gasteiger partial charge in [-0.05, 0) is 44.7 Å². The molecule has 0 aromatic carbocycles. The van der Waals surface area contributed by atoms with Gasteiger partial charge in [0.05, 0.1) is 12.2 Å². The van der Waals surface area contributed by atoms with Gasteiger partial charge in [0.2, 0.25) is 0 Å². The van der Waals surface area contributed by atoms with E-state index in [0.717, 1.165) is 45.3 Å². The standard InChI is InChI=1S/C14H25NO2/c16-11-13(6-2-1-3-7-13)14(17)10-15-8-4-12(14)5-9-15/h12,16-17H,1-11H2. The Morgan fingerprint density at radius 3 is 2.18 bits per heavy atom. The van der Waals surface area contributed by atoms with Crippen molar-refractivity contribution in [2.45, 2.75) is 50.5 Å². The average molecular weight is 239 g/mol. The van der Waals surface area contributed by atoms with Gasteiger partial charge in [0, 0.05) is 12.0 Å². The second-order valence-corrected chi connectivity index (χ2v) is 6.47. The predicted octanol–water partition coefficient (Wildman–Crippen LogP) is 1.39. The van der Waals surface area contributed by atoms with Crippen LogP contribution in [0, 0.1) is 11.3 Å². The number of hydrogen-bond acceptors (Lipinski definition) is 3. The number of aliphatic hydroxyl groups excluding tert-OH is 1. The van der Waals surface area contributed by atoms with Crippen LogP contribution in [0.1, 0.15) is 44.9 Å². The molecule has 17 heavy (non-hydrogen) atoms. The fourth-order valence-electron chi connectivity index (χ4n) is 4.60. The lowest BCUT2D eigenvalue weighted by atomic mass is 9.56. The third-order valence-electron chi connectivity index (χ3n) is 5.76. The SMILES string of the molecule is OCC1(C2(O)CN3CCC2CC3)CCCCC1. The van der Waals surface area contributed by atoms with E-state index in [1.807, 2.05) is 0 Å². The highest BCUT2D eigenvalue weighted by molar-refractivity contribution is 5.09. The van der Waals surface area contributed by atoms with Crippen LogP contribution >= 0.6 is 0 Å². The van der Waals surface area contributed by atoms with E-state index in [-0.39, 0.29) is 12.0 Å². The lowest BCUT2D eigenvalue weighted by Crippen LogP contribution is -2.68. The van der Waals surface area contributed by atoms with Gasteiger partial charge in [-0.1, -0.05) is 19.3 Å². The Morgan fingerprint density at radius 1 is 1.06 bits per heavy atom. The van der Waals surface area contributed by atoms with Crippen molar-refractivity contribution < 1.29 is 10.2 Å². The van der Waals surface area contributed by atoms with Gasteiger partial charge in [0.25, 0.3) is 0 Å². The molecule has 2 N–H and O–H groups in total. The minimum Gasteiger partial charge on any atom is -0.396 e. The van der Waals surface area contributed by atoms with Crippen LogP contribution in [0.4, 0.5) is 0 Å². The highest BCUT2D eigenvalue weighted by Gasteiger charge is 2.57. The molecule has 3 saturated heterocycles. The average Bonchev–Trinajstić information content (AvgIpc) is 2.40. The molecule has 4 aliphatic rings. The van der Waals surface area contributed by atoms with Crippen LogP contribution in [0.3, 0.4) is 0 Å². The van der Waals surface area contributed by atoms with Gasteiger partial charge >= 0.3 is 0 Å². The van der Waals surface area contributed by atoms with Crippen LogP contribution in [0.15, 0.2) is 0 Å². The number of aliphatic hydroxyl groups is 2. The molecule has 4 fully saturated rings. The molecule has 1 aliphatic carbocycles. The smallest absolute Gasteiger partial charge is 0.0880 e. The van der Waals surface area contributed by atoms with E-state index in [4.69, 9.17) is 0 Å². The van der Waals surface area contributed by atoms with Crippen molar-refractivity contribution in [1.29, 1.82) is 0 Å². The topological polar surface area (TPSA) is 43.7 Å². The van der Waals surface area contributed by atoms with E-state index in [9.17, 15) is 10.2 Å². The lowest BCUT2D eigenvalue weighted by molar-refractivity contribution is -0.209. The molecular formula is C14H25NO2. The molecule has 0 spiro atoms. The lowest BCUT2D eigenvalue weighted by Gasteiger charge is -2.59. The first-order chi connectivity index (χ1) is 8.20. The zero-order chi connectivity index (χ0) is 11.9. The van der Waals surface area contributed by atoms with E-state index < -0.39 is 5.60 Å². The molecule has 3 heteroatoms. The molecule has 3 nitrogen and oxygen atoms in total. The van der Waals surface area contributed by atoms with Crippen LogP contribution in [0.2, 0.25) is 0 Å². The maximum atomic E-state index is 11.2. The Labute approximate surface area is 104 Å². The van der Waals surface area contributed by atoms with Crippen molar-refractivity contribution in [2.75, 3.05) is 26.2 Å². The third-order valence-corrected chi connectivity index (χ3v) is 5.76. The fraction of sp³-hybridized carbons (Fsp3) is 1.00. The monoisotopic (exact) mass is 239 g/mol. The second kappa shape index (κ2) is 4.22. The summed E-state index contributed by atoms with van der Waals surface area (Å²) >= 11 is 0. The highest BCUT2D eigenvalue weighted by atomic mass is 16.3. The summed E-state index contributed by atoms with van der Waals surface area (Å²) in [6.45, 7) is 3.27. The zero-order valence-electron chi connectivity index (χ0n) is 10.7. The van der Waals surface area contributed by atoms with Gasteiger partial charge in [0.15, 0.2) is 0 Å². The first-order valence-corrected chi connectivity index (χ1v) is 7.26. The van der Waals surface area contributed by atoms with Crippen molar-refractivity contribution >= 4 is 0 Å². The molecule has 0 aromatic rings. The molecule has 0 amide bonds. The van der Waals surface area contributed by atoms with Crippen molar-refractivity contribution in [1.82, 2.24) is 4.90 Å². The van der Waals surface area contributed by atoms with E-state index in [1.165, 1.54) is 19.3 Å². The Bertz CT molecular complexity index is 280. The Morgan fingerprint density at radius 2 is 1.71 bits per heavy atom. The predicted molar refractivity (Wildman–Crippen MR) is 66.7 cm³/mol. The summed E-state index contributed by atoms with van der Waals surface area (Å²) < 4.78 is 0. The number of hydrogen-bond donors (Lipinski definition) is 2. The Balaban J connectivity index is 1.89. The zero-order valence-corrected chi connectivity index (χ0v) is 10.7. The molecule has 1 atom stereocenters. The molecule has 4 rings (SSSR count). The maximum Gasteiger partial charge on any atom is 0.0880 e. The Kier molecular flexibility index (Phi) is 2.96. The molecule has 3 aliphatic heterocycles. The van der Waals surface area contributed by atoms with Crippen LogP contribution in [0.25, 0.3) is 0 Å². The number of rotatable bonds is 2. The molecule has 3 heterocycles. The number of piperidine rings is 3. The van der Waals surface area contributed by atoms with Crippen LogP contribution < -0.4 is 0 Å². The number of fused-ring (bicyclic) bond motifs is 3. The summed E-state index contributed by atoms with van der Waals surface area (Å²) in [5.41, 5.74) is -0.812. The van der Waals surface area contributed by atoms with Crippen LogP contribution in [0.5, 0.6) is 0 Å². The highest BCUT2D eigenvalue weighted by Crippen LogP contribution is 2.52. The van der Waals surface area contributed by atoms with Crippen molar-refractivity contribution in [3.8, 4) is 0 Å². The molecule has 0 aromatic heterocycles. The first kappa shape index (κ1) is 11.9. The van der Waals surface area contributed by atoms with E-state index in [1.54, 1.807) is 0 Å². The summed E-state index contributed by atoms with van der Waals surface area (Å²) in [7, 11) is 0. The van der Waals surface area contributed by atoms with Crippen LogP contribution in [-0.4, -0.2) is 47.0 Å². The molecule has 2 bridgehead atoms. The van der Waals surface area contributed by atoms with Gasteiger partial charge in [-0.25, -0.2) is 0 Å². The molecular weight excluding hydrogens is 214 g/mol. The molecule has 98 valence electrons. The van der Waals surface area contributed by atoms with Gasteiger partial charge < -0.3 is 15.1 Å². The largest absolute Gasteiger partial charge is 0.396 e. The summed E-state index contributed by atoms with van der Waals surface area (Å²) in [5.74, 6) is 0.428. The van der Waals surface area contributed by atoms with Crippen molar-refractivity contribution in [3.63, 3.8) is 0 Å². The van der Waals surface area contributed by atoms with E-state index in [0.29, 0.717) is 5.92 Å². The van der Waals surface area contributed by atoms with E-state index in [2.05, 4.69) is 4.90 Å². The molecule has 1 saturated carbocycles. The fourth-order valence-corrected chi connectivity index (χ4v) is 4.60. The first-order valence-electron chi connectivity index (χ1n) is 7.26. The van der Waals surface area contributed by atoms with Gasteiger partial charge in [0.1, 0.15) is 0 Å². The third kappa shape index (κ3) is 1.66. The molecule has 1 unspecified atom stereocenters. The quantitative estimate of drug-likeness (QED) is 0.765. The van der Waals surface area contributed by atoms with Gasteiger partial charge in [-0.3, -0.25) is 0 Å². The van der Waals surface area contributed by atoms with Crippen LogP contribution in [-0.2, 0) is 0 Å². The summed E-state index contributed by atoms with van der Waals surface area (Å²) in [4.78, 5) is 2.39. The summed E-state index contributed by atoms with van der Waals surface area (Å²) in [6.07, 6.45) is 7.91. The number of nitrogens with zero attached hydrogens (tertiary/aromatic N) is 1.